The summed E-state index contributed by atoms with van der Waals surface area (Å²) in [5.74, 6) is 0.374. The molecule has 0 unspecified atom stereocenters. The number of hydrogen-bond donors (Lipinski definition) is 0. The van der Waals surface area contributed by atoms with Crippen LogP contribution in [0.15, 0.2) is 0 Å². The Hall–Kier alpha value is -1.02. The molecule has 0 aliphatic heterocycles. The fraction of sp³-hybridized carbons (Fsp3) is 0.778. The van der Waals surface area contributed by atoms with Gasteiger partial charge in [0.2, 0.25) is 0 Å². The Morgan fingerprint density at radius 2 is 1.55 bits per heavy atom. The van der Waals surface area contributed by atoms with Crippen molar-refractivity contribution in [3.05, 3.63) is 22.8 Å². The van der Waals surface area contributed by atoms with E-state index >= 15 is 0 Å². The normalized spacial score (nSPS) is 19.2. The Balaban J connectivity index is 2.46. The van der Waals surface area contributed by atoms with Crippen LogP contribution in [0.25, 0.3) is 9.69 Å². The molecule has 0 amide bonds. The van der Waals surface area contributed by atoms with Gasteiger partial charge < -0.3 is 0 Å². The molecule has 0 radical (unpaired) electrons. The van der Waals surface area contributed by atoms with Crippen LogP contribution in [0, 0.1) is 19.1 Å². The van der Waals surface area contributed by atoms with E-state index in [0.29, 0.717) is 5.92 Å². The summed E-state index contributed by atoms with van der Waals surface area (Å²) in [7, 11) is 0. The van der Waals surface area contributed by atoms with Crippen molar-refractivity contribution < 1.29 is 0 Å². The molecule has 0 aromatic rings. The Kier molecular flexibility index (Phi) is 2.93. The first-order chi connectivity index (χ1) is 5.38. The molecule has 0 heterocycles. The molecule has 0 bridgehead atoms. The summed E-state index contributed by atoms with van der Waals surface area (Å²) in [5.41, 5.74) is 0. The van der Waals surface area contributed by atoms with Crippen molar-refractivity contribution >= 4 is 0 Å². The second-order valence-corrected chi connectivity index (χ2v) is 3.07. The molecule has 1 saturated carbocycles. The molecule has 1 fully saturated rings. The van der Waals surface area contributed by atoms with Crippen LogP contribution in [0.2, 0.25) is 0 Å². The molecule has 11 heavy (non-hydrogen) atoms. The number of rotatable bonds is 1. The Labute approximate surface area is 67.9 Å². The zero-order valence-corrected chi connectivity index (χ0v) is 6.58. The molecule has 2 nitrogen and oxygen atoms in total. The lowest BCUT2D eigenvalue weighted by Crippen LogP contribution is -2.16. The van der Waals surface area contributed by atoms with E-state index in [2.05, 4.69) is 9.69 Å². The first-order valence-electron chi connectivity index (χ1n) is 4.11. The molecule has 0 aromatic heterocycles. The highest BCUT2D eigenvalue weighted by Crippen LogP contribution is 2.28. The van der Waals surface area contributed by atoms with E-state index in [9.17, 15) is 0 Å². The highest BCUT2D eigenvalue weighted by atomic mass is 14.9. The SMILES string of the molecule is [C-]#[N+]C([N+]#[C-])C1CCCCC1. The Morgan fingerprint density at radius 1 is 1.00 bits per heavy atom. The van der Waals surface area contributed by atoms with Crippen LogP contribution in [0.1, 0.15) is 32.1 Å². The Bertz CT molecular complexity index is 177. The summed E-state index contributed by atoms with van der Waals surface area (Å²) in [5, 5.41) is 0. The van der Waals surface area contributed by atoms with Gasteiger partial charge in [-0.05, 0) is 12.8 Å². The third kappa shape index (κ3) is 1.95. The van der Waals surface area contributed by atoms with Crippen molar-refractivity contribution in [3.63, 3.8) is 0 Å². The van der Waals surface area contributed by atoms with E-state index in [4.69, 9.17) is 13.1 Å². The summed E-state index contributed by atoms with van der Waals surface area (Å²) in [6.45, 7) is 13.6. The van der Waals surface area contributed by atoms with Crippen molar-refractivity contribution in [3.8, 4) is 0 Å². The first kappa shape index (κ1) is 8.08. The van der Waals surface area contributed by atoms with Crippen molar-refractivity contribution in [2.75, 3.05) is 0 Å². The van der Waals surface area contributed by atoms with E-state index in [-0.39, 0.29) is 6.17 Å². The summed E-state index contributed by atoms with van der Waals surface area (Å²) < 4.78 is 0. The maximum absolute atomic E-state index is 6.81. The molecule has 1 rings (SSSR count). The van der Waals surface area contributed by atoms with Gasteiger partial charge in [0.25, 0.3) is 0 Å². The highest BCUT2D eigenvalue weighted by molar-refractivity contribution is 4.93. The lowest BCUT2D eigenvalue weighted by Gasteiger charge is -2.15. The maximum atomic E-state index is 6.81. The van der Waals surface area contributed by atoms with E-state index in [1.165, 1.54) is 19.3 Å². The molecule has 0 aromatic carbocycles. The van der Waals surface area contributed by atoms with Crippen molar-refractivity contribution in [2.45, 2.75) is 38.3 Å². The van der Waals surface area contributed by atoms with Gasteiger partial charge >= 0.3 is 6.17 Å². The monoisotopic (exact) mass is 148 g/mol. The molecule has 1 aliphatic rings. The summed E-state index contributed by atoms with van der Waals surface area (Å²) in [6.07, 6.45) is 5.53. The smallest absolute Gasteiger partial charge is 0.233 e. The predicted octanol–water partition coefficient (Wildman–Crippen LogP) is 2.73. The van der Waals surface area contributed by atoms with Gasteiger partial charge in [-0.3, -0.25) is 0 Å². The van der Waals surface area contributed by atoms with Crippen LogP contribution < -0.4 is 0 Å². The molecule has 0 atom stereocenters. The fourth-order valence-electron chi connectivity index (χ4n) is 1.67. The average molecular weight is 148 g/mol. The Morgan fingerprint density at radius 3 is 2.00 bits per heavy atom. The van der Waals surface area contributed by atoms with Crippen molar-refractivity contribution in [1.29, 1.82) is 0 Å². The molecule has 0 N–H and O–H groups in total. The minimum absolute atomic E-state index is 0.374. The van der Waals surface area contributed by atoms with Crippen LogP contribution in [-0.4, -0.2) is 6.17 Å². The van der Waals surface area contributed by atoms with Gasteiger partial charge in [0.15, 0.2) is 0 Å². The predicted molar refractivity (Wildman–Crippen MR) is 43.6 cm³/mol. The molecule has 2 heteroatoms. The molecular formula is C9H12N2. The van der Waals surface area contributed by atoms with Crippen LogP contribution in [0.3, 0.4) is 0 Å². The van der Waals surface area contributed by atoms with E-state index in [1.54, 1.807) is 0 Å². The molecular weight excluding hydrogens is 136 g/mol. The zero-order valence-electron chi connectivity index (χ0n) is 6.58. The minimum Gasteiger partial charge on any atom is -0.233 e. The molecule has 0 spiro atoms. The van der Waals surface area contributed by atoms with Crippen molar-refractivity contribution in [1.82, 2.24) is 0 Å². The van der Waals surface area contributed by atoms with Crippen molar-refractivity contribution in [2.24, 2.45) is 5.92 Å². The van der Waals surface area contributed by atoms with E-state index in [1.807, 2.05) is 0 Å². The van der Waals surface area contributed by atoms with Gasteiger partial charge in [-0.2, -0.15) is 0 Å². The van der Waals surface area contributed by atoms with Crippen LogP contribution >= 0.6 is 0 Å². The first-order valence-corrected chi connectivity index (χ1v) is 4.11. The number of hydrogen-bond acceptors (Lipinski definition) is 0. The second-order valence-electron chi connectivity index (χ2n) is 3.07. The van der Waals surface area contributed by atoms with E-state index in [0.717, 1.165) is 12.8 Å². The standard InChI is InChI=1S/C9H12N2/c1-10-9(11-2)8-6-4-3-5-7-8/h8-9H,3-7H2. The van der Waals surface area contributed by atoms with Gasteiger partial charge in [-0.15, -0.1) is 0 Å². The van der Waals surface area contributed by atoms with Gasteiger partial charge in [0.1, 0.15) is 5.92 Å². The molecule has 58 valence electrons. The van der Waals surface area contributed by atoms with Crippen LogP contribution in [0.5, 0.6) is 0 Å². The van der Waals surface area contributed by atoms with E-state index < -0.39 is 0 Å². The highest BCUT2D eigenvalue weighted by Gasteiger charge is 2.31. The minimum atomic E-state index is -0.379. The van der Waals surface area contributed by atoms with Gasteiger partial charge in [0.05, 0.1) is 0 Å². The summed E-state index contributed by atoms with van der Waals surface area (Å²) in [6, 6.07) is 0. The molecule has 1 aliphatic carbocycles. The van der Waals surface area contributed by atoms with Gasteiger partial charge in [-0.25, -0.2) is 22.8 Å². The molecule has 0 saturated heterocycles. The summed E-state index contributed by atoms with van der Waals surface area (Å²) in [4.78, 5) is 6.65. The zero-order chi connectivity index (χ0) is 8.10. The maximum Gasteiger partial charge on any atom is 0.477 e. The average Bonchev–Trinajstić information content (AvgIpc) is 2.09. The fourth-order valence-corrected chi connectivity index (χ4v) is 1.67. The quantitative estimate of drug-likeness (QED) is 0.505. The lowest BCUT2D eigenvalue weighted by molar-refractivity contribution is 0.350. The van der Waals surface area contributed by atoms with Crippen LogP contribution in [0.4, 0.5) is 0 Å². The third-order valence-electron chi connectivity index (χ3n) is 2.34. The topological polar surface area (TPSA) is 8.72 Å². The lowest BCUT2D eigenvalue weighted by atomic mass is 9.87. The van der Waals surface area contributed by atoms with Gasteiger partial charge in [0, 0.05) is 0 Å². The largest absolute Gasteiger partial charge is 0.477 e. The van der Waals surface area contributed by atoms with Gasteiger partial charge in [-0.1, -0.05) is 19.3 Å². The summed E-state index contributed by atoms with van der Waals surface area (Å²) >= 11 is 0. The third-order valence-corrected chi connectivity index (χ3v) is 2.34. The second kappa shape index (κ2) is 3.98. The number of nitrogens with zero attached hydrogens (tertiary/aromatic N) is 2. The van der Waals surface area contributed by atoms with Crippen LogP contribution in [-0.2, 0) is 0 Å².